The summed E-state index contributed by atoms with van der Waals surface area (Å²) in [6, 6.07) is 8.71. The van der Waals surface area contributed by atoms with Crippen LogP contribution < -0.4 is 5.32 Å². The van der Waals surface area contributed by atoms with Gasteiger partial charge in [0.05, 0.1) is 31.0 Å². The van der Waals surface area contributed by atoms with Crippen molar-refractivity contribution in [1.82, 2.24) is 29.6 Å². The van der Waals surface area contributed by atoms with Gasteiger partial charge < -0.3 is 24.4 Å². The minimum absolute atomic E-state index is 0.0513. The van der Waals surface area contributed by atoms with Gasteiger partial charge in [0.15, 0.2) is 5.11 Å². The predicted molar refractivity (Wildman–Crippen MR) is 141 cm³/mol. The summed E-state index contributed by atoms with van der Waals surface area (Å²) < 4.78 is 7.98. The van der Waals surface area contributed by atoms with Gasteiger partial charge in [0, 0.05) is 50.3 Å². The molecule has 2 aliphatic rings. The third-order valence-electron chi connectivity index (χ3n) is 7.09. The van der Waals surface area contributed by atoms with Gasteiger partial charge in [-0.2, -0.15) is 0 Å². The van der Waals surface area contributed by atoms with Crippen LogP contribution in [0.4, 0.5) is 0 Å². The first kappa shape index (κ1) is 25.1. The number of nitrogens with one attached hydrogen (secondary N) is 1. The van der Waals surface area contributed by atoms with E-state index in [9.17, 15) is 0 Å². The molecule has 2 saturated heterocycles. The van der Waals surface area contributed by atoms with Gasteiger partial charge >= 0.3 is 0 Å². The smallest absolute Gasteiger partial charge is 0.170 e. The van der Waals surface area contributed by atoms with Crippen molar-refractivity contribution < 1.29 is 4.74 Å². The maximum atomic E-state index is 5.85. The number of morpholine rings is 1. The van der Waals surface area contributed by atoms with E-state index in [-0.39, 0.29) is 12.1 Å². The molecule has 0 aromatic carbocycles. The molecular formula is C26H40N6OS. The monoisotopic (exact) mass is 484 g/mol. The summed E-state index contributed by atoms with van der Waals surface area (Å²) in [5, 5.41) is 4.43. The zero-order chi connectivity index (χ0) is 24.1. The summed E-state index contributed by atoms with van der Waals surface area (Å²) in [7, 11) is 4.25. The summed E-state index contributed by atoms with van der Waals surface area (Å²) in [5.41, 5.74) is 5.06. The fraction of sp³-hybridized carbons (Fsp3) is 0.615. The average Bonchev–Trinajstić information content (AvgIpc) is 3.30. The van der Waals surface area contributed by atoms with E-state index in [2.05, 4.69) is 70.7 Å². The lowest BCUT2D eigenvalue weighted by molar-refractivity contribution is 0.0369. The van der Waals surface area contributed by atoms with Crippen molar-refractivity contribution in [3.63, 3.8) is 0 Å². The number of thiocarbonyl (C=S) groups is 1. The van der Waals surface area contributed by atoms with Crippen LogP contribution in [0.1, 0.15) is 47.6 Å². The molecule has 0 aliphatic carbocycles. The Labute approximate surface area is 210 Å². The van der Waals surface area contributed by atoms with Crippen molar-refractivity contribution in [2.24, 2.45) is 0 Å². The number of nitrogens with zero attached hydrogens (tertiary/aromatic N) is 5. The van der Waals surface area contributed by atoms with Gasteiger partial charge in [-0.25, -0.2) is 0 Å². The lowest BCUT2D eigenvalue weighted by Crippen LogP contribution is -2.37. The molecule has 0 amide bonds. The van der Waals surface area contributed by atoms with E-state index in [1.807, 2.05) is 12.3 Å². The first-order valence-corrected chi connectivity index (χ1v) is 13.0. The van der Waals surface area contributed by atoms with Crippen molar-refractivity contribution in [1.29, 1.82) is 0 Å². The third-order valence-corrected chi connectivity index (χ3v) is 7.45. The molecule has 34 heavy (non-hydrogen) atoms. The molecular weight excluding hydrogens is 444 g/mol. The lowest BCUT2D eigenvalue weighted by atomic mass is 9.96. The Morgan fingerprint density at radius 3 is 2.62 bits per heavy atom. The third kappa shape index (κ3) is 5.79. The molecule has 8 heteroatoms. The van der Waals surface area contributed by atoms with E-state index in [0.717, 1.165) is 76.1 Å². The second-order valence-electron chi connectivity index (χ2n) is 9.76. The Bertz CT molecular complexity index is 940. The fourth-order valence-corrected chi connectivity index (χ4v) is 5.62. The minimum Gasteiger partial charge on any atom is -0.379 e. The van der Waals surface area contributed by atoms with Crippen LogP contribution in [0.2, 0.25) is 0 Å². The van der Waals surface area contributed by atoms with Crippen LogP contribution in [0.5, 0.6) is 0 Å². The number of ether oxygens (including phenoxy) is 1. The molecule has 4 heterocycles. The quantitative estimate of drug-likeness (QED) is 0.520. The highest BCUT2D eigenvalue weighted by molar-refractivity contribution is 7.80. The van der Waals surface area contributed by atoms with Gasteiger partial charge in [-0.3, -0.25) is 9.88 Å². The summed E-state index contributed by atoms with van der Waals surface area (Å²) in [6.07, 6.45) is 4.09. The second kappa shape index (κ2) is 11.6. The van der Waals surface area contributed by atoms with E-state index >= 15 is 0 Å². The Hall–Kier alpha value is -2.00. The number of hydrogen-bond donors (Lipinski definition) is 1. The largest absolute Gasteiger partial charge is 0.379 e. The number of aromatic nitrogens is 2. The molecule has 0 radical (unpaired) electrons. The van der Waals surface area contributed by atoms with Crippen LogP contribution in [0.25, 0.3) is 0 Å². The van der Waals surface area contributed by atoms with Crippen LogP contribution in [0, 0.1) is 13.8 Å². The SMILES string of the molecule is Cc1cc([C@H]2[C@H](c3ccccn3)NC(=S)N2CCCN(C)C)c(C)n1CCCN1CCOCC1. The van der Waals surface area contributed by atoms with Crippen LogP contribution in [0.15, 0.2) is 30.5 Å². The van der Waals surface area contributed by atoms with E-state index in [0.29, 0.717) is 0 Å². The van der Waals surface area contributed by atoms with Crippen molar-refractivity contribution in [2.75, 3.05) is 60.0 Å². The van der Waals surface area contributed by atoms with E-state index in [4.69, 9.17) is 21.9 Å². The first-order valence-electron chi connectivity index (χ1n) is 12.5. The Balaban J connectivity index is 1.55. The van der Waals surface area contributed by atoms with Crippen LogP contribution in [0.3, 0.4) is 0 Å². The lowest BCUT2D eigenvalue weighted by Gasteiger charge is -2.29. The zero-order valence-electron chi connectivity index (χ0n) is 21.2. The Morgan fingerprint density at radius 2 is 1.91 bits per heavy atom. The number of rotatable bonds is 10. The van der Waals surface area contributed by atoms with Crippen molar-refractivity contribution in [3.05, 3.63) is 53.1 Å². The number of pyridine rings is 1. The number of aryl methyl sites for hydroxylation is 1. The summed E-state index contributed by atoms with van der Waals surface area (Å²) in [5.74, 6) is 0. The average molecular weight is 485 g/mol. The Kier molecular flexibility index (Phi) is 8.58. The number of hydrogen-bond acceptors (Lipinski definition) is 5. The van der Waals surface area contributed by atoms with E-state index < -0.39 is 0 Å². The summed E-state index contributed by atoms with van der Waals surface area (Å²) in [4.78, 5) is 11.8. The van der Waals surface area contributed by atoms with E-state index in [1.54, 1.807) is 0 Å². The molecule has 186 valence electrons. The van der Waals surface area contributed by atoms with Gasteiger partial charge in [-0.05, 0) is 83.3 Å². The molecule has 7 nitrogen and oxygen atoms in total. The molecule has 0 saturated carbocycles. The summed E-state index contributed by atoms with van der Waals surface area (Å²) >= 11 is 5.85. The highest BCUT2D eigenvalue weighted by Crippen LogP contribution is 2.40. The topological polar surface area (TPSA) is 48.8 Å². The molecule has 0 spiro atoms. The second-order valence-corrected chi connectivity index (χ2v) is 10.1. The highest BCUT2D eigenvalue weighted by Gasteiger charge is 2.41. The van der Waals surface area contributed by atoms with Gasteiger partial charge in [-0.15, -0.1) is 0 Å². The molecule has 2 aromatic heterocycles. The molecule has 2 atom stereocenters. The molecule has 0 bridgehead atoms. The van der Waals surface area contributed by atoms with Crippen LogP contribution in [-0.2, 0) is 11.3 Å². The van der Waals surface area contributed by atoms with Crippen molar-refractivity contribution in [3.8, 4) is 0 Å². The normalized spacial score (nSPS) is 21.4. The maximum Gasteiger partial charge on any atom is 0.170 e. The highest BCUT2D eigenvalue weighted by atomic mass is 32.1. The van der Waals surface area contributed by atoms with E-state index in [1.165, 1.54) is 17.0 Å². The molecule has 2 aliphatic heterocycles. The zero-order valence-corrected chi connectivity index (χ0v) is 22.0. The molecule has 1 N–H and O–H groups in total. The van der Waals surface area contributed by atoms with Crippen molar-refractivity contribution >= 4 is 17.3 Å². The Morgan fingerprint density at radius 1 is 1.12 bits per heavy atom. The molecule has 2 aromatic rings. The van der Waals surface area contributed by atoms with Crippen LogP contribution >= 0.6 is 12.2 Å². The molecule has 4 rings (SSSR count). The van der Waals surface area contributed by atoms with Gasteiger partial charge in [0.2, 0.25) is 0 Å². The first-order chi connectivity index (χ1) is 16.5. The van der Waals surface area contributed by atoms with Gasteiger partial charge in [-0.1, -0.05) is 6.07 Å². The standard InChI is InChI=1S/C26H40N6OS/c1-20-19-22(21(2)31(20)13-8-12-30-15-17-33-18-16-30)25-24(23-9-5-6-10-27-23)28-26(34)32(25)14-7-11-29(3)4/h5-6,9-10,19,24-25H,7-8,11-18H2,1-4H3,(H,28,34)/t24-,25-/m0/s1. The molecule has 2 fully saturated rings. The maximum absolute atomic E-state index is 5.85. The molecule has 0 unspecified atom stereocenters. The predicted octanol–water partition coefficient (Wildman–Crippen LogP) is 3.15. The van der Waals surface area contributed by atoms with Crippen molar-refractivity contribution in [2.45, 2.75) is 45.3 Å². The van der Waals surface area contributed by atoms with Gasteiger partial charge in [0.25, 0.3) is 0 Å². The minimum atomic E-state index is 0.0513. The fourth-order valence-electron chi connectivity index (χ4n) is 5.29. The van der Waals surface area contributed by atoms with Crippen LogP contribution in [-0.4, -0.2) is 89.4 Å². The van der Waals surface area contributed by atoms with Gasteiger partial charge in [0.1, 0.15) is 0 Å². The summed E-state index contributed by atoms with van der Waals surface area (Å²) in [6.45, 7) is 12.5.